The van der Waals surface area contributed by atoms with Gasteiger partial charge in [-0.2, -0.15) is 0 Å². The van der Waals surface area contributed by atoms with E-state index in [1.165, 1.54) is 0 Å². The maximum atomic E-state index is 12.2. The molecule has 2 rings (SSSR count). The summed E-state index contributed by atoms with van der Waals surface area (Å²) in [6.45, 7) is 2.22. The highest BCUT2D eigenvalue weighted by Crippen LogP contribution is 2.12. The number of hydrogen-bond donors (Lipinski definition) is 2. The molecule has 2 aromatic rings. The van der Waals surface area contributed by atoms with Gasteiger partial charge in [0.2, 0.25) is 15.9 Å². The predicted octanol–water partition coefficient (Wildman–Crippen LogP) is 2.03. The topological polar surface area (TPSA) is 75.3 Å². The number of hydrogen-bond acceptors (Lipinski definition) is 3. The Balaban J connectivity index is 1.78. The second-order valence-electron chi connectivity index (χ2n) is 5.79. The molecule has 0 aliphatic carbocycles. The van der Waals surface area contributed by atoms with Crippen molar-refractivity contribution in [3.05, 3.63) is 71.3 Å². The maximum Gasteiger partial charge on any atom is 0.235 e. The summed E-state index contributed by atoms with van der Waals surface area (Å²) in [5, 5.41) is 2.72. The van der Waals surface area contributed by atoms with E-state index >= 15 is 0 Å². The monoisotopic (exact) mass is 360 g/mol. The number of amides is 1. The molecule has 0 aliphatic heterocycles. The fraction of sp³-hybridized carbons (Fsp3) is 0.316. The molecule has 0 spiro atoms. The Hall–Kier alpha value is -2.18. The zero-order valence-corrected chi connectivity index (χ0v) is 15.2. The van der Waals surface area contributed by atoms with Gasteiger partial charge in [-0.3, -0.25) is 4.79 Å². The Kier molecular flexibility index (Phi) is 7.16. The van der Waals surface area contributed by atoms with E-state index in [9.17, 15) is 13.2 Å². The van der Waals surface area contributed by atoms with E-state index in [4.69, 9.17) is 0 Å². The van der Waals surface area contributed by atoms with E-state index in [-0.39, 0.29) is 18.2 Å². The summed E-state index contributed by atoms with van der Waals surface area (Å²) in [5.74, 6) is -0.447. The van der Waals surface area contributed by atoms with Gasteiger partial charge in [0.05, 0.1) is 12.3 Å². The molecule has 2 N–H and O–H groups in total. The fourth-order valence-electron chi connectivity index (χ4n) is 2.53. The third kappa shape index (κ3) is 6.68. The maximum absolute atomic E-state index is 12.2. The average molecular weight is 360 g/mol. The van der Waals surface area contributed by atoms with Crippen LogP contribution in [0.25, 0.3) is 0 Å². The highest BCUT2D eigenvalue weighted by atomic mass is 32.2. The van der Waals surface area contributed by atoms with Crippen LogP contribution in [0.3, 0.4) is 0 Å². The lowest BCUT2D eigenvalue weighted by Gasteiger charge is -2.10. The average Bonchev–Trinajstić information content (AvgIpc) is 2.61. The molecule has 0 bridgehead atoms. The number of benzene rings is 2. The van der Waals surface area contributed by atoms with Crippen LogP contribution in [-0.4, -0.2) is 27.4 Å². The molecular formula is C19H24N2O3S. The second kappa shape index (κ2) is 9.34. The van der Waals surface area contributed by atoms with Gasteiger partial charge >= 0.3 is 0 Å². The molecule has 0 heterocycles. The molecule has 6 heteroatoms. The number of nitrogens with one attached hydrogen (secondary N) is 2. The first-order valence-corrected chi connectivity index (χ1v) is 10.00. The predicted molar refractivity (Wildman–Crippen MR) is 99.6 cm³/mol. The Labute approximate surface area is 149 Å². The second-order valence-corrected chi connectivity index (χ2v) is 7.59. The summed E-state index contributed by atoms with van der Waals surface area (Å²) < 4.78 is 26.7. The first kappa shape index (κ1) is 19.1. The van der Waals surface area contributed by atoms with Crippen molar-refractivity contribution >= 4 is 15.9 Å². The van der Waals surface area contributed by atoms with Crippen LogP contribution in [0.2, 0.25) is 0 Å². The summed E-state index contributed by atoms with van der Waals surface area (Å²) in [6, 6.07) is 17.2. The van der Waals surface area contributed by atoms with Crippen molar-refractivity contribution in [3.63, 3.8) is 0 Å². The van der Waals surface area contributed by atoms with Gasteiger partial charge in [0.15, 0.2) is 0 Å². The van der Waals surface area contributed by atoms with Crippen LogP contribution in [0.15, 0.2) is 54.6 Å². The first-order valence-electron chi connectivity index (χ1n) is 8.35. The van der Waals surface area contributed by atoms with Gasteiger partial charge in [-0.05, 0) is 29.5 Å². The smallest absolute Gasteiger partial charge is 0.235 e. The van der Waals surface area contributed by atoms with Crippen LogP contribution < -0.4 is 10.0 Å². The largest absolute Gasteiger partial charge is 0.355 e. The molecular weight excluding hydrogens is 336 g/mol. The number of carbonyl (C=O) groups is 1. The summed E-state index contributed by atoms with van der Waals surface area (Å²) in [4.78, 5) is 11.8. The molecule has 25 heavy (non-hydrogen) atoms. The van der Waals surface area contributed by atoms with Crippen LogP contribution in [0.4, 0.5) is 0 Å². The van der Waals surface area contributed by atoms with Crippen molar-refractivity contribution < 1.29 is 13.2 Å². The summed E-state index contributed by atoms with van der Waals surface area (Å²) in [6.07, 6.45) is 1.48. The zero-order valence-electron chi connectivity index (χ0n) is 14.4. The van der Waals surface area contributed by atoms with Crippen LogP contribution in [-0.2, 0) is 33.4 Å². The summed E-state index contributed by atoms with van der Waals surface area (Å²) in [5.41, 5.74) is 2.89. The zero-order chi connectivity index (χ0) is 18.1. The number of aryl methyl sites for hydroxylation is 1. The van der Waals surface area contributed by atoms with Crippen molar-refractivity contribution in [2.45, 2.75) is 25.5 Å². The normalized spacial score (nSPS) is 11.2. The lowest BCUT2D eigenvalue weighted by atomic mass is 10.1. The SMILES string of the molecule is CCc1ccccc1CS(=O)(=O)NCC(=O)NCCc1ccccc1. The number of carbonyl (C=O) groups excluding carboxylic acids is 1. The minimum absolute atomic E-state index is 0.117. The summed E-state index contributed by atoms with van der Waals surface area (Å²) >= 11 is 0. The molecule has 0 aromatic heterocycles. The Morgan fingerprint density at radius 1 is 0.960 bits per heavy atom. The first-order chi connectivity index (χ1) is 12.0. The van der Waals surface area contributed by atoms with Crippen molar-refractivity contribution in [2.75, 3.05) is 13.1 Å². The van der Waals surface area contributed by atoms with E-state index < -0.39 is 10.0 Å². The minimum Gasteiger partial charge on any atom is -0.355 e. The molecule has 0 atom stereocenters. The fourth-order valence-corrected chi connectivity index (χ4v) is 3.67. The van der Waals surface area contributed by atoms with Gasteiger partial charge in [0.1, 0.15) is 0 Å². The van der Waals surface area contributed by atoms with Crippen LogP contribution in [0.5, 0.6) is 0 Å². The standard InChI is InChI=1S/C19H24N2O3S/c1-2-17-10-6-7-11-18(17)15-25(23,24)21-14-19(22)20-13-12-16-8-4-3-5-9-16/h3-11,21H,2,12-15H2,1H3,(H,20,22). The molecule has 5 nitrogen and oxygen atoms in total. The quantitative estimate of drug-likeness (QED) is 0.718. The minimum atomic E-state index is -3.55. The Bertz CT molecular complexity index is 789. The van der Waals surface area contributed by atoms with Crippen molar-refractivity contribution in [2.24, 2.45) is 0 Å². The van der Waals surface area contributed by atoms with Gasteiger partial charge in [0.25, 0.3) is 0 Å². The van der Waals surface area contributed by atoms with Crippen molar-refractivity contribution in [1.82, 2.24) is 10.0 Å². The van der Waals surface area contributed by atoms with E-state index in [1.807, 2.05) is 55.5 Å². The van der Waals surface area contributed by atoms with Crippen molar-refractivity contribution in [3.8, 4) is 0 Å². The number of rotatable bonds is 9. The van der Waals surface area contributed by atoms with E-state index in [2.05, 4.69) is 10.0 Å². The van der Waals surface area contributed by atoms with Gasteiger partial charge in [0, 0.05) is 6.54 Å². The van der Waals surface area contributed by atoms with Gasteiger partial charge < -0.3 is 5.32 Å². The Morgan fingerprint density at radius 2 is 1.60 bits per heavy atom. The van der Waals surface area contributed by atoms with Crippen LogP contribution in [0, 0.1) is 0 Å². The highest BCUT2D eigenvalue weighted by Gasteiger charge is 2.15. The molecule has 134 valence electrons. The van der Waals surface area contributed by atoms with Gasteiger partial charge in [-0.1, -0.05) is 61.5 Å². The third-order valence-electron chi connectivity index (χ3n) is 3.88. The number of sulfonamides is 1. The molecule has 0 saturated carbocycles. The lowest BCUT2D eigenvalue weighted by Crippen LogP contribution is -2.38. The molecule has 1 amide bonds. The molecule has 2 aromatic carbocycles. The molecule has 0 saturated heterocycles. The molecule has 0 aliphatic rings. The van der Waals surface area contributed by atoms with Crippen LogP contribution in [0.1, 0.15) is 23.6 Å². The van der Waals surface area contributed by atoms with E-state index in [0.717, 1.165) is 23.1 Å². The molecule has 0 fully saturated rings. The van der Waals surface area contributed by atoms with E-state index in [1.54, 1.807) is 6.07 Å². The van der Waals surface area contributed by atoms with Gasteiger partial charge in [-0.25, -0.2) is 13.1 Å². The van der Waals surface area contributed by atoms with Crippen molar-refractivity contribution in [1.29, 1.82) is 0 Å². The highest BCUT2D eigenvalue weighted by molar-refractivity contribution is 7.88. The van der Waals surface area contributed by atoms with E-state index in [0.29, 0.717) is 13.0 Å². The van der Waals surface area contributed by atoms with Crippen LogP contribution >= 0.6 is 0 Å². The molecule has 0 unspecified atom stereocenters. The molecule has 0 radical (unpaired) electrons. The summed E-state index contributed by atoms with van der Waals surface area (Å²) in [7, 11) is -3.55. The lowest BCUT2D eigenvalue weighted by molar-refractivity contribution is -0.119. The third-order valence-corrected chi connectivity index (χ3v) is 5.15. The van der Waals surface area contributed by atoms with Gasteiger partial charge in [-0.15, -0.1) is 0 Å². The Morgan fingerprint density at radius 3 is 2.28 bits per heavy atom.